The minimum Gasteiger partial charge on any atom is -0.357 e. The van der Waals surface area contributed by atoms with Crippen LogP contribution in [0, 0.1) is 0 Å². The van der Waals surface area contributed by atoms with Crippen molar-refractivity contribution < 1.29 is 4.52 Å². The third-order valence-corrected chi connectivity index (χ3v) is 0.974. The van der Waals surface area contributed by atoms with Crippen LogP contribution in [-0.4, -0.2) is 5.16 Å². The second kappa shape index (κ2) is 2.31. The van der Waals surface area contributed by atoms with Gasteiger partial charge in [0.1, 0.15) is 0 Å². The second-order valence-electron chi connectivity index (χ2n) is 1.61. The number of rotatable bonds is 1. The molecule has 0 amide bonds. The number of hydrogen-bond donors (Lipinski definition) is 0. The van der Waals surface area contributed by atoms with Crippen molar-refractivity contribution in [3.63, 3.8) is 0 Å². The zero-order chi connectivity index (χ0) is 6.69. The van der Waals surface area contributed by atoms with Gasteiger partial charge in [-0.15, -0.1) is 0 Å². The van der Waals surface area contributed by atoms with Crippen molar-refractivity contribution in [3.8, 4) is 0 Å². The average molecular weight is 121 g/mol. The molecule has 46 valence electrons. The molecule has 0 unspecified atom stereocenters. The first-order chi connectivity index (χ1) is 4.34. The van der Waals surface area contributed by atoms with Crippen molar-refractivity contribution in [3.05, 3.63) is 29.5 Å². The van der Waals surface area contributed by atoms with E-state index in [-0.39, 0.29) is 0 Å². The molecule has 1 aromatic heterocycles. The Morgan fingerprint density at radius 2 is 2.44 bits per heavy atom. The van der Waals surface area contributed by atoms with E-state index in [4.69, 9.17) is 0 Å². The number of nitrogens with zero attached hydrogens (tertiary/aromatic N) is 1. The van der Waals surface area contributed by atoms with Crippen LogP contribution in [-0.2, 0) is 0 Å². The summed E-state index contributed by atoms with van der Waals surface area (Å²) in [5.41, 5.74) is 0.579. The van der Waals surface area contributed by atoms with Crippen LogP contribution < -0.4 is 10.6 Å². The Balaban J connectivity index is 3.39. The van der Waals surface area contributed by atoms with Crippen molar-refractivity contribution in [2.45, 2.75) is 0 Å². The van der Waals surface area contributed by atoms with Crippen LogP contribution in [0.1, 0.15) is 0 Å². The quantitative estimate of drug-likeness (QED) is 0.524. The van der Waals surface area contributed by atoms with E-state index in [1.165, 1.54) is 0 Å². The van der Waals surface area contributed by atoms with Crippen molar-refractivity contribution in [1.82, 2.24) is 5.16 Å². The summed E-state index contributed by atoms with van der Waals surface area (Å²) in [7, 11) is 0. The predicted molar refractivity (Wildman–Crippen MR) is 35.9 cm³/mol. The summed E-state index contributed by atoms with van der Waals surface area (Å²) in [5, 5.41) is 4.40. The van der Waals surface area contributed by atoms with E-state index >= 15 is 0 Å². The van der Waals surface area contributed by atoms with Gasteiger partial charge in [0, 0.05) is 5.22 Å². The third kappa shape index (κ3) is 1.08. The Labute approximate surface area is 52.8 Å². The standard InChI is InChI=1S/C7H7NO/c1-3-4-7-5-8-9-6(7)2/h3-5H,1-2H2/b7-4-. The summed E-state index contributed by atoms with van der Waals surface area (Å²) in [6, 6.07) is 0. The van der Waals surface area contributed by atoms with E-state index in [0.717, 1.165) is 5.22 Å². The maximum Gasteiger partial charge on any atom is 0.159 e. The van der Waals surface area contributed by atoms with Gasteiger partial charge in [0.05, 0.1) is 6.20 Å². The molecule has 0 N–H and O–H groups in total. The van der Waals surface area contributed by atoms with Crippen LogP contribution >= 0.6 is 0 Å². The van der Waals surface area contributed by atoms with Gasteiger partial charge in [-0.3, -0.25) is 0 Å². The summed E-state index contributed by atoms with van der Waals surface area (Å²) in [6.07, 6.45) is 5.06. The largest absolute Gasteiger partial charge is 0.357 e. The fraction of sp³-hybridized carbons (Fsp3) is 0. The molecule has 9 heavy (non-hydrogen) atoms. The van der Waals surface area contributed by atoms with Crippen molar-refractivity contribution >= 4 is 12.7 Å². The fourth-order valence-electron chi connectivity index (χ4n) is 0.534. The van der Waals surface area contributed by atoms with E-state index in [1.54, 1.807) is 18.3 Å². The highest BCUT2D eigenvalue weighted by Crippen LogP contribution is 1.63. The minimum atomic E-state index is 0.579. The van der Waals surface area contributed by atoms with Crippen LogP contribution in [0.25, 0.3) is 12.7 Å². The molecular formula is C7H7NO. The Hall–Kier alpha value is -1.31. The highest BCUT2D eigenvalue weighted by molar-refractivity contribution is 5.33. The average Bonchev–Trinajstić information content (AvgIpc) is 2.18. The molecule has 1 rings (SSSR count). The Kier molecular flexibility index (Phi) is 1.49. The van der Waals surface area contributed by atoms with Gasteiger partial charge in [0.25, 0.3) is 0 Å². The third-order valence-electron chi connectivity index (χ3n) is 0.974. The summed E-state index contributed by atoms with van der Waals surface area (Å²) in [4.78, 5) is 0. The number of allylic oxidation sites excluding steroid dienone is 1. The smallest absolute Gasteiger partial charge is 0.159 e. The molecule has 0 fully saturated rings. The molecule has 1 aromatic rings. The Bertz CT molecular complexity index is 297. The van der Waals surface area contributed by atoms with Gasteiger partial charge in [-0.2, -0.15) is 0 Å². The molecule has 0 bridgehead atoms. The summed E-state index contributed by atoms with van der Waals surface area (Å²) in [6.45, 7) is 7.11. The molecule has 0 aliphatic heterocycles. The lowest BCUT2D eigenvalue weighted by Crippen LogP contribution is -2.15. The van der Waals surface area contributed by atoms with Crippen molar-refractivity contribution in [1.29, 1.82) is 0 Å². The highest BCUT2D eigenvalue weighted by atomic mass is 16.5. The first kappa shape index (κ1) is 5.82. The lowest BCUT2D eigenvalue weighted by molar-refractivity contribution is 0.395. The zero-order valence-electron chi connectivity index (χ0n) is 5.00. The first-order valence-electron chi connectivity index (χ1n) is 2.57. The Morgan fingerprint density at radius 1 is 1.67 bits per heavy atom. The van der Waals surface area contributed by atoms with E-state index in [1.807, 2.05) is 0 Å². The molecule has 0 saturated carbocycles. The molecule has 0 aromatic carbocycles. The minimum absolute atomic E-state index is 0.579. The number of hydrogen-bond acceptors (Lipinski definition) is 2. The van der Waals surface area contributed by atoms with Gasteiger partial charge in [-0.1, -0.05) is 30.5 Å². The normalized spacial score (nSPS) is 11.8. The predicted octanol–water partition coefficient (Wildman–Crippen LogP) is 0.0514. The zero-order valence-corrected chi connectivity index (χ0v) is 5.00. The van der Waals surface area contributed by atoms with Crippen LogP contribution in [0.3, 0.4) is 0 Å². The van der Waals surface area contributed by atoms with Crippen LogP contribution in [0.4, 0.5) is 0 Å². The van der Waals surface area contributed by atoms with Gasteiger partial charge in [-0.25, -0.2) is 0 Å². The lowest BCUT2D eigenvalue weighted by Gasteiger charge is -1.65. The van der Waals surface area contributed by atoms with Gasteiger partial charge in [0.2, 0.25) is 0 Å². The SMILES string of the molecule is C=C/C=c1/cnoc1=C. The summed E-state index contributed by atoms with van der Waals surface area (Å²) in [5.74, 6) is 0. The van der Waals surface area contributed by atoms with Crippen molar-refractivity contribution in [2.75, 3.05) is 0 Å². The maximum absolute atomic E-state index is 4.68. The van der Waals surface area contributed by atoms with Crippen LogP contribution in [0.5, 0.6) is 0 Å². The second-order valence-corrected chi connectivity index (χ2v) is 1.61. The van der Waals surface area contributed by atoms with Crippen LogP contribution in [0.2, 0.25) is 0 Å². The molecule has 0 radical (unpaired) electrons. The van der Waals surface area contributed by atoms with E-state index < -0.39 is 0 Å². The van der Waals surface area contributed by atoms with Gasteiger partial charge in [-0.05, 0) is 0 Å². The topological polar surface area (TPSA) is 26.0 Å². The molecule has 0 aliphatic rings. The molecule has 0 aliphatic carbocycles. The summed E-state index contributed by atoms with van der Waals surface area (Å²) >= 11 is 0. The van der Waals surface area contributed by atoms with E-state index in [2.05, 4.69) is 22.8 Å². The molecule has 0 atom stereocenters. The van der Waals surface area contributed by atoms with Gasteiger partial charge < -0.3 is 4.52 Å². The molecule has 0 spiro atoms. The summed E-state index contributed by atoms with van der Waals surface area (Å²) < 4.78 is 4.68. The van der Waals surface area contributed by atoms with Gasteiger partial charge in [0.15, 0.2) is 5.42 Å². The fourth-order valence-corrected chi connectivity index (χ4v) is 0.534. The molecule has 1 heterocycles. The first-order valence-corrected chi connectivity index (χ1v) is 2.57. The molecule has 2 nitrogen and oxygen atoms in total. The lowest BCUT2D eigenvalue weighted by atomic mass is 10.4. The van der Waals surface area contributed by atoms with E-state index in [0.29, 0.717) is 5.42 Å². The highest BCUT2D eigenvalue weighted by Gasteiger charge is 1.81. The number of aromatic nitrogens is 1. The molecular weight excluding hydrogens is 114 g/mol. The maximum atomic E-state index is 4.68. The van der Waals surface area contributed by atoms with Crippen molar-refractivity contribution in [2.24, 2.45) is 0 Å². The Morgan fingerprint density at radius 3 is 2.89 bits per heavy atom. The molecule has 2 heteroatoms. The molecule has 0 saturated heterocycles. The van der Waals surface area contributed by atoms with Crippen LogP contribution in [0.15, 0.2) is 23.4 Å². The monoisotopic (exact) mass is 121 g/mol. The van der Waals surface area contributed by atoms with Gasteiger partial charge >= 0.3 is 0 Å². The van der Waals surface area contributed by atoms with E-state index in [9.17, 15) is 0 Å².